The maximum Gasteiger partial charge on any atom is 0.162 e. The summed E-state index contributed by atoms with van der Waals surface area (Å²) in [7, 11) is 1.62. The molecule has 0 saturated carbocycles. The van der Waals surface area contributed by atoms with Crippen LogP contribution in [0.25, 0.3) is 0 Å². The first-order chi connectivity index (χ1) is 8.03. The van der Waals surface area contributed by atoms with Crippen LogP contribution in [0.15, 0.2) is 6.07 Å². The number of nitrogens with one attached hydrogen (secondary N) is 1. The van der Waals surface area contributed by atoms with Crippen LogP contribution in [-0.2, 0) is 21.7 Å². The zero-order valence-electron chi connectivity index (χ0n) is 10.8. The van der Waals surface area contributed by atoms with Crippen molar-refractivity contribution in [3.63, 3.8) is 0 Å². The van der Waals surface area contributed by atoms with Gasteiger partial charge in [0.1, 0.15) is 11.4 Å². The lowest BCUT2D eigenvalue weighted by atomic mass is 10.1. The molecular formula is C11H20N4O2. The molecule has 1 rings (SSSR count). The first-order valence-corrected chi connectivity index (χ1v) is 5.51. The molecule has 0 aliphatic rings. The minimum Gasteiger partial charge on any atom is -0.378 e. The van der Waals surface area contributed by atoms with Crippen molar-refractivity contribution in [2.45, 2.75) is 33.0 Å². The van der Waals surface area contributed by atoms with Crippen molar-refractivity contribution in [2.75, 3.05) is 19.1 Å². The third-order valence-electron chi connectivity index (χ3n) is 2.26. The van der Waals surface area contributed by atoms with Crippen molar-refractivity contribution in [2.24, 2.45) is 5.84 Å². The van der Waals surface area contributed by atoms with E-state index < -0.39 is 5.60 Å². The number of rotatable bonds is 6. The standard InChI is InChI=1S/C11H20N4O2/c1-5-17-11(2,3)10-13-8(7-16-4)6-9(14-10)15-12/h6H,5,7,12H2,1-4H3,(H,13,14,15). The predicted octanol–water partition coefficient (Wildman–Crippen LogP) is 1.18. The van der Waals surface area contributed by atoms with E-state index >= 15 is 0 Å². The third-order valence-corrected chi connectivity index (χ3v) is 2.26. The van der Waals surface area contributed by atoms with Crippen molar-refractivity contribution < 1.29 is 9.47 Å². The predicted molar refractivity (Wildman–Crippen MR) is 65.2 cm³/mol. The van der Waals surface area contributed by atoms with E-state index in [0.717, 1.165) is 5.69 Å². The largest absolute Gasteiger partial charge is 0.378 e. The highest BCUT2D eigenvalue weighted by Crippen LogP contribution is 2.22. The van der Waals surface area contributed by atoms with Gasteiger partial charge in [0, 0.05) is 19.8 Å². The van der Waals surface area contributed by atoms with Gasteiger partial charge in [0.15, 0.2) is 5.82 Å². The molecule has 3 N–H and O–H groups in total. The summed E-state index contributed by atoms with van der Waals surface area (Å²) in [6.45, 7) is 6.77. The molecule has 0 bridgehead atoms. The van der Waals surface area contributed by atoms with Crippen LogP contribution < -0.4 is 11.3 Å². The number of nitrogens with two attached hydrogens (primary N) is 1. The molecule has 0 radical (unpaired) electrons. The first kappa shape index (κ1) is 13.8. The minimum absolute atomic E-state index is 0.409. The maximum atomic E-state index is 5.61. The fraction of sp³-hybridized carbons (Fsp3) is 0.636. The summed E-state index contributed by atoms with van der Waals surface area (Å²) in [5.41, 5.74) is 2.73. The Morgan fingerprint density at radius 3 is 2.65 bits per heavy atom. The molecule has 0 fully saturated rings. The summed E-state index contributed by atoms with van der Waals surface area (Å²) < 4.78 is 10.7. The van der Waals surface area contributed by atoms with E-state index in [4.69, 9.17) is 15.3 Å². The van der Waals surface area contributed by atoms with Gasteiger partial charge >= 0.3 is 0 Å². The van der Waals surface area contributed by atoms with Crippen molar-refractivity contribution in [3.05, 3.63) is 17.6 Å². The molecule has 0 spiro atoms. The lowest BCUT2D eigenvalue weighted by molar-refractivity contribution is -0.0210. The Morgan fingerprint density at radius 1 is 1.41 bits per heavy atom. The quantitative estimate of drug-likeness (QED) is 0.574. The normalized spacial score (nSPS) is 11.6. The highest BCUT2D eigenvalue weighted by Gasteiger charge is 2.25. The molecule has 1 heterocycles. The van der Waals surface area contributed by atoms with Crippen LogP contribution in [0.2, 0.25) is 0 Å². The summed E-state index contributed by atoms with van der Waals surface area (Å²) in [6.07, 6.45) is 0. The first-order valence-electron chi connectivity index (χ1n) is 5.51. The second-order valence-electron chi connectivity index (χ2n) is 4.09. The summed E-state index contributed by atoms with van der Waals surface area (Å²) in [5.74, 6) is 6.51. The number of hydrogen-bond donors (Lipinski definition) is 2. The van der Waals surface area contributed by atoms with Gasteiger partial charge in [-0.3, -0.25) is 0 Å². The van der Waals surface area contributed by atoms with Crippen molar-refractivity contribution in [1.82, 2.24) is 9.97 Å². The number of nitrogens with zero attached hydrogens (tertiary/aromatic N) is 2. The van der Waals surface area contributed by atoms with E-state index in [2.05, 4.69) is 15.4 Å². The maximum absolute atomic E-state index is 5.61. The Bertz CT molecular complexity index is 368. The molecule has 1 aromatic rings. The molecule has 0 saturated heterocycles. The van der Waals surface area contributed by atoms with Crippen molar-refractivity contribution >= 4 is 5.82 Å². The van der Waals surface area contributed by atoms with Gasteiger partial charge in [-0.1, -0.05) is 0 Å². The minimum atomic E-state index is -0.551. The van der Waals surface area contributed by atoms with Gasteiger partial charge in [-0.15, -0.1) is 0 Å². The fourth-order valence-corrected chi connectivity index (χ4v) is 1.49. The van der Waals surface area contributed by atoms with E-state index in [1.807, 2.05) is 20.8 Å². The van der Waals surface area contributed by atoms with Gasteiger partial charge in [-0.25, -0.2) is 15.8 Å². The average molecular weight is 240 g/mol. The SMILES string of the molecule is CCOC(C)(C)c1nc(COC)cc(NN)n1. The van der Waals surface area contributed by atoms with Gasteiger partial charge in [0.25, 0.3) is 0 Å². The second-order valence-corrected chi connectivity index (χ2v) is 4.09. The lowest BCUT2D eigenvalue weighted by Gasteiger charge is -2.23. The molecule has 96 valence electrons. The number of ether oxygens (including phenoxy) is 2. The number of hydrogen-bond acceptors (Lipinski definition) is 6. The Kier molecular flexibility index (Phi) is 4.80. The van der Waals surface area contributed by atoms with E-state index in [-0.39, 0.29) is 0 Å². The topological polar surface area (TPSA) is 82.3 Å². The summed E-state index contributed by atoms with van der Waals surface area (Å²) in [5, 5.41) is 0. The van der Waals surface area contributed by atoms with Gasteiger partial charge < -0.3 is 14.9 Å². The van der Waals surface area contributed by atoms with Crippen LogP contribution in [0, 0.1) is 0 Å². The molecule has 0 aliphatic heterocycles. The third kappa shape index (κ3) is 3.62. The monoisotopic (exact) mass is 240 g/mol. The Balaban J connectivity index is 3.09. The average Bonchev–Trinajstić information content (AvgIpc) is 2.29. The highest BCUT2D eigenvalue weighted by atomic mass is 16.5. The Hall–Kier alpha value is -1.24. The van der Waals surface area contributed by atoms with E-state index in [1.165, 1.54) is 0 Å². The fourth-order valence-electron chi connectivity index (χ4n) is 1.49. The second kappa shape index (κ2) is 5.90. The molecule has 17 heavy (non-hydrogen) atoms. The van der Waals surface area contributed by atoms with E-state index in [9.17, 15) is 0 Å². The van der Waals surface area contributed by atoms with Gasteiger partial charge in [0.2, 0.25) is 0 Å². The number of aromatic nitrogens is 2. The smallest absolute Gasteiger partial charge is 0.162 e. The summed E-state index contributed by atoms with van der Waals surface area (Å²) >= 11 is 0. The van der Waals surface area contributed by atoms with Gasteiger partial charge in [-0.05, 0) is 20.8 Å². The number of nitrogen functional groups attached to an aromatic ring is 1. The molecule has 1 aromatic heterocycles. The molecular weight excluding hydrogens is 220 g/mol. The number of methoxy groups -OCH3 is 1. The molecule has 0 atom stereocenters. The van der Waals surface area contributed by atoms with Crippen LogP contribution in [0.3, 0.4) is 0 Å². The zero-order valence-corrected chi connectivity index (χ0v) is 10.8. The van der Waals surface area contributed by atoms with Gasteiger partial charge in [0.05, 0.1) is 12.3 Å². The van der Waals surface area contributed by atoms with Crippen LogP contribution in [-0.4, -0.2) is 23.7 Å². The van der Waals surface area contributed by atoms with Crippen LogP contribution in [0.1, 0.15) is 32.3 Å². The van der Waals surface area contributed by atoms with Crippen LogP contribution >= 0.6 is 0 Å². The number of hydrazine groups is 1. The van der Waals surface area contributed by atoms with Crippen molar-refractivity contribution in [3.8, 4) is 0 Å². The van der Waals surface area contributed by atoms with Crippen molar-refractivity contribution in [1.29, 1.82) is 0 Å². The summed E-state index contributed by atoms with van der Waals surface area (Å²) in [4.78, 5) is 8.70. The molecule has 6 nitrogen and oxygen atoms in total. The summed E-state index contributed by atoms with van der Waals surface area (Å²) in [6, 6.07) is 1.75. The molecule has 0 aromatic carbocycles. The van der Waals surface area contributed by atoms with Crippen LogP contribution in [0.4, 0.5) is 5.82 Å². The Labute approximate surface area is 102 Å². The Morgan fingerprint density at radius 2 is 2.12 bits per heavy atom. The van der Waals surface area contributed by atoms with Gasteiger partial charge in [-0.2, -0.15) is 0 Å². The van der Waals surface area contributed by atoms with E-state index in [1.54, 1.807) is 13.2 Å². The molecule has 0 aliphatic carbocycles. The highest BCUT2D eigenvalue weighted by molar-refractivity contribution is 5.35. The number of anilines is 1. The zero-order chi connectivity index (χ0) is 12.9. The van der Waals surface area contributed by atoms with Crippen LogP contribution in [0.5, 0.6) is 0 Å². The van der Waals surface area contributed by atoms with E-state index in [0.29, 0.717) is 24.9 Å². The molecule has 0 amide bonds. The lowest BCUT2D eigenvalue weighted by Crippen LogP contribution is -2.26. The molecule has 0 unspecified atom stereocenters. The molecule has 6 heteroatoms.